The first-order valence-corrected chi connectivity index (χ1v) is 7.86. The summed E-state index contributed by atoms with van der Waals surface area (Å²) in [5, 5.41) is 11.6. The van der Waals surface area contributed by atoms with Gasteiger partial charge in [-0.05, 0) is 65.6 Å². The highest BCUT2D eigenvalue weighted by Gasteiger charge is 2.10. The van der Waals surface area contributed by atoms with Crippen molar-refractivity contribution in [2.45, 2.75) is 32.6 Å². The van der Waals surface area contributed by atoms with Crippen LogP contribution in [0.15, 0.2) is 24.3 Å². The van der Waals surface area contributed by atoms with Crippen LogP contribution >= 0.6 is 22.6 Å². The Labute approximate surface area is 133 Å². The van der Waals surface area contributed by atoms with Crippen molar-refractivity contribution in [1.82, 2.24) is 5.32 Å². The van der Waals surface area contributed by atoms with Crippen LogP contribution in [0.1, 0.15) is 43.0 Å². The van der Waals surface area contributed by atoms with Crippen LogP contribution < -0.4 is 5.32 Å². The molecule has 4 nitrogen and oxygen atoms in total. The van der Waals surface area contributed by atoms with Gasteiger partial charge < -0.3 is 10.4 Å². The monoisotopic (exact) mass is 389 g/mol. The SMILES string of the molecule is CCC(CCNC(=O)c1ccc(I)cc1)CCC(=O)O. The van der Waals surface area contributed by atoms with Crippen molar-refractivity contribution < 1.29 is 14.7 Å². The normalized spacial score (nSPS) is 11.9. The standard InChI is InChI=1S/C15H20INO3/c1-2-11(3-8-14(18)19)9-10-17-15(20)12-4-6-13(16)7-5-12/h4-7,11H,2-3,8-10H2,1H3,(H,17,20)(H,18,19). The van der Waals surface area contributed by atoms with Crippen LogP contribution in [0.3, 0.4) is 0 Å². The summed E-state index contributed by atoms with van der Waals surface area (Å²) in [7, 11) is 0. The second kappa shape index (κ2) is 8.94. The molecule has 0 heterocycles. The van der Waals surface area contributed by atoms with E-state index in [0.29, 0.717) is 24.4 Å². The molecule has 0 radical (unpaired) electrons. The largest absolute Gasteiger partial charge is 0.481 e. The smallest absolute Gasteiger partial charge is 0.303 e. The second-order valence-corrected chi connectivity index (χ2v) is 6.00. The summed E-state index contributed by atoms with van der Waals surface area (Å²) in [4.78, 5) is 22.4. The number of hydrogen-bond donors (Lipinski definition) is 2. The van der Waals surface area contributed by atoms with E-state index in [9.17, 15) is 9.59 Å². The first-order chi connectivity index (χ1) is 9.52. The lowest BCUT2D eigenvalue weighted by Gasteiger charge is -2.14. The molecule has 1 aromatic rings. The van der Waals surface area contributed by atoms with E-state index in [1.165, 1.54) is 0 Å². The van der Waals surface area contributed by atoms with Crippen LogP contribution in [0.2, 0.25) is 0 Å². The van der Waals surface area contributed by atoms with Crippen LogP contribution in [-0.2, 0) is 4.79 Å². The summed E-state index contributed by atoms with van der Waals surface area (Å²) in [6.07, 6.45) is 2.63. The number of amides is 1. The quantitative estimate of drug-likeness (QED) is 0.671. The third kappa shape index (κ3) is 6.36. The molecule has 0 saturated carbocycles. The molecule has 0 saturated heterocycles. The zero-order chi connectivity index (χ0) is 15.0. The lowest BCUT2D eigenvalue weighted by atomic mass is 9.96. The van der Waals surface area contributed by atoms with Crippen LogP contribution in [0.4, 0.5) is 0 Å². The Bertz CT molecular complexity index is 445. The highest BCUT2D eigenvalue weighted by atomic mass is 127. The topological polar surface area (TPSA) is 66.4 Å². The zero-order valence-electron chi connectivity index (χ0n) is 11.6. The van der Waals surface area contributed by atoms with Crippen LogP contribution in [0, 0.1) is 9.49 Å². The van der Waals surface area contributed by atoms with E-state index >= 15 is 0 Å². The van der Waals surface area contributed by atoms with Crippen molar-refractivity contribution in [3.63, 3.8) is 0 Å². The van der Waals surface area contributed by atoms with Gasteiger partial charge in [0.05, 0.1) is 0 Å². The number of benzene rings is 1. The van der Waals surface area contributed by atoms with Gasteiger partial charge in [-0.1, -0.05) is 13.3 Å². The molecule has 110 valence electrons. The molecule has 5 heteroatoms. The van der Waals surface area contributed by atoms with Crippen LogP contribution in [0.5, 0.6) is 0 Å². The summed E-state index contributed by atoms with van der Waals surface area (Å²) in [5.41, 5.74) is 0.656. The minimum absolute atomic E-state index is 0.0745. The Morgan fingerprint density at radius 3 is 2.45 bits per heavy atom. The molecular weight excluding hydrogens is 369 g/mol. The van der Waals surface area contributed by atoms with Crippen molar-refractivity contribution in [3.8, 4) is 0 Å². The van der Waals surface area contributed by atoms with Gasteiger partial charge >= 0.3 is 5.97 Å². The highest BCUT2D eigenvalue weighted by Crippen LogP contribution is 2.14. The maximum Gasteiger partial charge on any atom is 0.303 e. The van der Waals surface area contributed by atoms with E-state index in [1.54, 1.807) is 12.1 Å². The van der Waals surface area contributed by atoms with Gasteiger partial charge in [0.25, 0.3) is 5.91 Å². The molecule has 0 spiro atoms. The summed E-state index contributed by atoms with van der Waals surface area (Å²) in [5.74, 6) is -0.482. The average molecular weight is 389 g/mol. The van der Waals surface area contributed by atoms with Gasteiger partial charge in [-0.25, -0.2) is 0 Å². The van der Waals surface area contributed by atoms with E-state index in [2.05, 4.69) is 27.9 Å². The predicted molar refractivity (Wildman–Crippen MR) is 86.8 cm³/mol. The Morgan fingerprint density at radius 2 is 1.90 bits per heavy atom. The fraction of sp³-hybridized carbons (Fsp3) is 0.467. The minimum Gasteiger partial charge on any atom is -0.481 e. The third-order valence-electron chi connectivity index (χ3n) is 3.29. The number of carbonyl (C=O) groups excluding carboxylic acids is 1. The second-order valence-electron chi connectivity index (χ2n) is 4.76. The highest BCUT2D eigenvalue weighted by molar-refractivity contribution is 14.1. The van der Waals surface area contributed by atoms with Gasteiger partial charge in [0.2, 0.25) is 0 Å². The molecule has 1 unspecified atom stereocenters. The minimum atomic E-state index is -0.758. The number of aliphatic carboxylic acids is 1. The number of nitrogens with one attached hydrogen (secondary N) is 1. The summed E-state index contributed by atoms with van der Waals surface area (Å²) < 4.78 is 1.10. The third-order valence-corrected chi connectivity index (χ3v) is 4.01. The molecule has 0 aliphatic rings. The molecule has 2 N–H and O–H groups in total. The van der Waals surface area contributed by atoms with Gasteiger partial charge in [-0.2, -0.15) is 0 Å². The van der Waals surface area contributed by atoms with Crippen molar-refractivity contribution in [2.24, 2.45) is 5.92 Å². The number of rotatable bonds is 8. The van der Waals surface area contributed by atoms with E-state index in [4.69, 9.17) is 5.11 Å². The summed E-state index contributed by atoms with van der Waals surface area (Å²) in [6.45, 7) is 2.64. The molecule has 0 aliphatic heterocycles. The maximum absolute atomic E-state index is 11.9. The Balaban J connectivity index is 2.33. The van der Waals surface area contributed by atoms with E-state index in [1.807, 2.05) is 19.1 Å². The van der Waals surface area contributed by atoms with E-state index in [0.717, 1.165) is 16.4 Å². The fourth-order valence-electron chi connectivity index (χ4n) is 1.97. The first kappa shape index (κ1) is 16.9. The number of carboxylic acids is 1. The summed E-state index contributed by atoms with van der Waals surface area (Å²) >= 11 is 2.20. The molecule has 0 fully saturated rings. The van der Waals surface area contributed by atoms with Crippen LogP contribution in [0.25, 0.3) is 0 Å². The lowest BCUT2D eigenvalue weighted by Crippen LogP contribution is -2.26. The molecule has 1 amide bonds. The first-order valence-electron chi connectivity index (χ1n) is 6.78. The number of carboxylic acid groups (broad SMARTS) is 1. The van der Waals surface area contributed by atoms with Crippen molar-refractivity contribution in [3.05, 3.63) is 33.4 Å². The predicted octanol–water partition coefficient (Wildman–Crippen LogP) is 3.30. The molecule has 1 aromatic carbocycles. The van der Waals surface area contributed by atoms with Crippen molar-refractivity contribution in [2.75, 3.05) is 6.54 Å². The van der Waals surface area contributed by atoms with Gasteiger partial charge in [0.1, 0.15) is 0 Å². The van der Waals surface area contributed by atoms with Crippen LogP contribution in [-0.4, -0.2) is 23.5 Å². The van der Waals surface area contributed by atoms with Gasteiger partial charge in [-0.3, -0.25) is 9.59 Å². The molecular formula is C15H20INO3. The molecule has 0 aromatic heterocycles. The van der Waals surface area contributed by atoms with Gasteiger partial charge in [-0.15, -0.1) is 0 Å². The molecule has 0 bridgehead atoms. The summed E-state index contributed by atoms with van der Waals surface area (Å²) in [6, 6.07) is 7.41. The average Bonchev–Trinajstić information content (AvgIpc) is 2.42. The molecule has 1 rings (SSSR count). The van der Waals surface area contributed by atoms with E-state index in [-0.39, 0.29) is 12.3 Å². The zero-order valence-corrected chi connectivity index (χ0v) is 13.7. The molecule has 1 atom stereocenters. The Morgan fingerprint density at radius 1 is 1.25 bits per heavy atom. The molecule has 20 heavy (non-hydrogen) atoms. The Hall–Kier alpha value is -1.11. The molecule has 0 aliphatic carbocycles. The number of halogens is 1. The van der Waals surface area contributed by atoms with Gasteiger partial charge in [0.15, 0.2) is 0 Å². The Kier molecular flexibility index (Phi) is 7.58. The maximum atomic E-state index is 11.9. The fourth-order valence-corrected chi connectivity index (χ4v) is 2.33. The van der Waals surface area contributed by atoms with Gasteiger partial charge in [0, 0.05) is 22.1 Å². The lowest BCUT2D eigenvalue weighted by molar-refractivity contribution is -0.137. The number of carbonyl (C=O) groups is 2. The number of hydrogen-bond acceptors (Lipinski definition) is 2. The van der Waals surface area contributed by atoms with Crippen molar-refractivity contribution in [1.29, 1.82) is 0 Å². The van der Waals surface area contributed by atoms with E-state index < -0.39 is 5.97 Å². The van der Waals surface area contributed by atoms with Crippen molar-refractivity contribution >= 4 is 34.5 Å².